The van der Waals surface area contributed by atoms with Gasteiger partial charge >= 0.3 is 6.03 Å². The van der Waals surface area contributed by atoms with Crippen LogP contribution in [0.4, 0.5) is 4.79 Å². The molecule has 5 nitrogen and oxygen atoms in total. The van der Waals surface area contributed by atoms with Crippen LogP contribution >= 0.6 is 0 Å². The van der Waals surface area contributed by atoms with Gasteiger partial charge in [-0.1, -0.05) is 44.2 Å². The second kappa shape index (κ2) is 10.8. The van der Waals surface area contributed by atoms with Crippen LogP contribution in [0.1, 0.15) is 51.5 Å². The van der Waals surface area contributed by atoms with Crippen molar-refractivity contribution >= 4 is 6.03 Å². The van der Waals surface area contributed by atoms with E-state index in [-0.39, 0.29) is 6.03 Å². The molecule has 0 spiro atoms. The number of hydrogen-bond acceptors (Lipinski definition) is 3. The van der Waals surface area contributed by atoms with Crippen molar-refractivity contribution in [2.75, 3.05) is 32.7 Å². The molecule has 2 aliphatic rings. The quantitative estimate of drug-likeness (QED) is 0.772. The van der Waals surface area contributed by atoms with Gasteiger partial charge in [0.2, 0.25) is 0 Å². The second-order valence-electron chi connectivity index (χ2n) is 8.70. The Morgan fingerprint density at radius 1 is 1.04 bits per heavy atom. The molecule has 3 rings (SSSR count). The van der Waals surface area contributed by atoms with Gasteiger partial charge in [-0.15, -0.1) is 0 Å². The number of amides is 2. The van der Waals surface area contributed by atoms with Crippen LogP contribution in [0.25, 0.3) is 0 Å². The van der Waals surface area contributed by atoms with E-state index in [4.69, 9.17) is 4.74 Å². The van der Waals surface area contributed by atoms with E-state index in [2.05, 4.69) is 54.4 Å². The number of piperidine rings is 2. The van der Waals surface area contributed by atoms with Gasteiger partial charge < -0.3 is 15.0 Å². The van der Waals surface area contributed by atoms with E-state index in [0.717, 1.165) is 71.4 Å². The Balaban J connectivity index is 1.31. The number of hydrogen-bond donors (Lipinski definition) is 1. The highest BCUT2D eigenvalue weighted by atomic mass is 16.5. The fraction of sp³-hybridized carbons (Fsp3) is 0.696. The van der Waals surface area contributed by atoms with Crippen molar-refractivity contribution in [1.82, 2.24) is 15.1 Å². The Kier molecular flexibility index (Phi) is 8.16. The number of urea groups is 1. The molecule has 2 aliphatic heterocycles. The average molecular weight is 388 g/mol. The zero-order valence-electron chi connectivity index (χ0n) is 17.6. The summed E-state index contributed by atoms with van der Waals surface area (Å²) in [5.41, 5.74) is 1.39. The predicted molar refractivity (Wildman–Crippen MR) is 113 cm³/mol. The lowest BCUT2D eigenvalue weighted by molar-refractivity contribution is -0.0619. The summed E-state index contributed by atoms with van der Waals surface area (Å²) < 4.78 is 6.39. The highest BCUT2D eigenvalue weighted by molar-refractivity contribution is 5.74. The molecule has 1 aromatic carbocycles. The molecule has 2 fully saturated rings. The van der Waals surface area contributed by atoms with Crippen molar-refractivity contribution in [2.45, 2.75) is 64.7 Å². The molecule has 1 N–H and O–H groups in total. The SMILES string of the molecule is CC(C)CCNC(=O)N1CCC(OC2CCN(Cc3ccccc3)CC2)CC1. The van der Waals surface area contributed by atoms with Crippen LogP contribution in [0, 0.1) is 5.92 Å². The second-order valence-corrected chi connectivity index (χ2v) is 8.70. The summed E-state index contributed by atoms with van der Waals surface area (Å²) >= 11 is 0. The Morgan fingerprint density at radius 2 is 1.64 bits per heavy atom. The van der Waals surface area contributed by atoms with Crippen LogP contribution < -0.4 is 5.32 Å². The van der Waals surface area contributed by atoms with Gasteiger partial charge in [-0.05, 0) is 43.6 Å². The maximum Gasteiger partial charge on any atom is 0.317 e. The molecule has 0 aromatic heterocycles. The first-order chi connectivity index (χ1) is 13.6. The molecule has 1 aromatic rings. The molecule has 0 radical (unpaired) electrons. The van der Waals surface area contributed by atoms with Crippen molar-refractivity contribution in [2.24, 2.45) is 5.92 Å². The molecule has 0 bridgehead atoms. The van der Waals surface area contributed by atoms with Gasteiger partial charge in [0.05, 0.1) is 12.2 Å². The summed E-state index contributed by atoms with van der Waals surface area (Å²) in [4.78, 5) is 16.7. The third-order valence-electron chi connectivity index (χ3n) is 5.90. The standard InChI is InChI=1S/C23H37N3O2/c1-19(2)8-13-24-23(27)26-16-11-22(12-17-26)28-21-9-14-25(15-10-21)18-20-6-4-3-5-7-20/h3-7,19,21-22H,8-18H2,1-2H3,(H,24,27). The smallest absolute Gasteiger partial charge is 0.317 e. The van der Waals surface area contributed by atoms with Crippen molar-refractivity contribution in [3.05, 3.63) is 35.9 Å². The first-order valence-corrected chi connectivity index (χ1v) is 11.0. The highest BCUT2D eigenvalue weighted by Gasteiger charge is 2.27. The molecule has 156 valence electrons. The number of carbonyl (C=O) groups excluding carboxylic acids is 1. The Bertz CT molecular complexity index is 577. The van der Waals surface area contributed by atoms with Crippen molar-refractivity contribution in [3.63, 3.8) is 0 Å². The van der Waals surface area contributed by atoms with Gasteiger partial charge in [-0.2, -0.15) is 0 Å². The van der Waals surface area contributed by atoms with Gasteiger partial charge in [0.15, 0.2) is 0 Å². The molecule has 0 unspecified atom stereocenters. The van der Waals surface area contributed by atoms with E-state index in [1.807, 2.05) is 4.90 Å². The first kappa shape index (κ1) is 21.1. The van der Waals surface area contributed by atoms with Crippen molar-refractivity contribution < 1.29 is 9.53 Å². The van der Waals surface area contributed by atoms with Crippen LogP contribution in [0.15, 0.2) is 30.3 Å². The molecule has 0 aliphatic carbocycles. The maximum absolute atomic E-state index is 12.2. The topological polar surface area (TPSA) is 44.8 Å². The average Bonchev–Trinajstić information content (AvgIpc) is 2.70. The summed E-state index contributed by atoms with van der Waals surface area (Å²) in [7, 11) is 0. The Hall–Kier alpha value is -1.59. The number of likely N-dealkylation sites (tertiary alicyclic amines) is 2. The van der Waals surface area contributed by atoms with Gasteiger partial charge in [0.1, 0.15) is 0 Å². The van der Waals surface area contributed by atoms with E-state index in [0.29, 0.717) is 18.1 Å². The molecule has 28 heavy (non-hydrogen) atoms. The lowest BCUT2D eigenvalue weighted by Gasteiger charge is -2.37. The molecular formula is C23H37N3O2. The lowest BCUT2D eigenvalue weighted by atomic mass is 10.0. The fourth-order valence-corrected chi connectivity index (χ4v) is 4.09. The van der Waals surface area contributed by atoms with Crippen molar-refractivity contribution in [3.8, 4) is 0 Å². The summed E-state index contributed by atoms with van der Waals surface area (Å²) in [6.07, 6.45) is 5.87. The zero-order valence-corrected chi connectivity index (χ0v) is 17.6. The molecule has 2 heterocycles. The Morgan fingerprint density at radius 3 is 2.25 bits per heavy atom. The molecule has 0 saturated carbocycles. The largest absolute Gasteiger partial charge is 0.375 e. The normalized spacial score (nSPS) is 19.9. The number of rotatable bonds is 7. The number of benzene rings is 1. The zero-order chi connectivity index (χ0) is 19.8. The van der Waals surface area contributed by atoms with E-state index < -0.39 is 0 Å². The van der Waals surface area contributed by atoms with Crippen LogP contribution in [-0.4, -0.2) is 60.8 Å². The Labute approximate surface area is 170 Å². The van der Waals surface area contributed by atoms with E-state index in [9.17, 15) is 4.79 Å². The van der Waals surface area contributed by atoms with Gasteiger partial charge in [0, 0.05) is 39.3 Å². The monoisotopic (exact) mass is 387 g/mol. The molecule has 2 saturated heterocycles. The molecule has 5 heteroatoms. The van der Waals surface area contributed by atoms with Crippen molar-refractivity contribution in [1.29, 1.82) is 0 Å². The van der Waals surface area contributed by atoms with E-state index in [1.165, 1.54) is 5.56 Å². The van der Waals surface area contributed by atoms with Gasteiger partial charge in [-0.3, -0.25) is 4.90 Å². The van der Waals surface area contributed by atoms with E-state index in [1.54, 1.807) is 0 Å². The van der Waals surface area contributed by atoms with Gasteiger partial charge in [0.25, 0.3) is 0 Å². The van der Waals surface area contributed by atoms with Crippen LogP contribution in [0.5, 0.6) is 0 Å². The fourth-order valence-electron chi connectivity index (χ4n) is 4.09. The summed E-state index contributed by atoms with van der Waals surface area (Å²) in [6, 6.07) is 10.8. The minimum Gasteiger partial charge on any atom is -0.375 e. The number of nitrogens with one attached hydrogen (secondary N) is 1. The highest BCUT2D eigenvalue weighted by Crippen LogP contribution is 2.22. The predicted octanol–water partition coefficient (Wildman–Crippen LogP) is 3.89. The molecule has 2 amide bonds. The number of carbonyl (C=O) groups is 1. The number of ether oxygens (including phenoxy) is 1. The van der Waals surface area contributed by atoms with Gasteiger partial charge in [-0.25, -0.2) is 4.79 Å². The minimum absolute atomic E-state index is 0.0910. The molecular weight excluding hydrogens is 350 g/mol. The summed E-state index contributed by atoms with van der Waals surface area (Å²) in [6.45, 7) is 10.0. The van der Waals surface area contributed by atoms with Crippen LogP contribution in [0.2, 0.25) is 0 Å². The number of nitrogens with zero attached hydrogens (tertiary/aromatic N) is 2. The van der Waals surface area contributed by atoms with E-state index >= 15 is 0 Å². The maximum atomic E-state index is 12.2. The first-order valence-electron chi connectivity index (χ1n) is 11.0. The summed E-state index contributed by atoms with van der Waals surface area (Å²) in [5, 5.41) is 3.05. The minimum atomic E-state index is 0.0910. The summed E-state index contributed by atoms with van der Waals surface area (Å²) in [5.74, 6) is 0.624. The van der Waals surface area contributed by atoms with Crippen LogP contribution in [-0.2, 0) is 11.3 Å². The third kappa shape index (κ3) is 6.78. The third-order valence-corrected chi connectivity index (χ3v) is 5.90. The van der Waals surface area contributed by atoms with Crippen LogP contribution in [0.3, 0.4) is 0 Å². The molecule has 0 atom stereocenters. The lowest BCUT2D eigenvalue weighted by Crippen LogP contribution is -2.47.